The Morgan fingerprint density at radius 3 is 2.62 bits per heavy atom. The lowest BCUT2D eigenvalue weighted by atomic mass is 10.0. The van der Waals surface area contributed by atoms with E-state index < -0.39 is 0 Å². The second-order valence-electron chi connectivity index (χ2n) is 7.60. The monoisotopic (exact) mass is 406 g/mol. The van der Waals surface area contributed by atoms with Crippen LogP contribution in [0.2, 0.25) is 0 Å². The van der Waals surface area contributed by atoms with Gasteiger partial charge in [-0.05, 0) is 29.5 Å². The number of hydrogen-bond donors (Lipinski definition) is 1. The molecule has 0 radical (unpaired) electrons. The smallest absolute Gasteiger partial charge is 0.276 e. The number of nitrogens with one attached hydrogen (secondary N) is 1. The van der Waals surface area contributed by atoms with Crippen LogP contribution in [0, 0.1) is 0 Å². The molecule has 0 fully saturated rings. The molecule has 4 rings (SSSR count). The van der Waals surface area contributed by atoms with Gasteiger partial charge in [0, 0.05) is 11.0 Å². The van der Waals surface area contributed by atoms with Gasteiger partial charge in [-0.15, -0.1) is 5.10 Å². The standard InChI is InChI=1S/C23H26N4OS/c1-4-5-14-29-23-25-22(28)20-18-8-6-7-9-19(18)24-21(27(20)26-23)17-12-10-16(11-13-17)15(2)3/h6-13,15,21H,4-5,14H2,1-3H3,(H,25,26,28)/t21-/m1/s1. The summed E-state index contributed by atoms with van der Waals surface area (Å²) in [6.07, 6.45) is 1.85. The Morgan fingerprint density at radius 2 is 1.90 bits per heavy atom. The van der Waals surface area contributed by atoms with Crippen LogP contribution in [0.4, 0.5) is 0 Å². The molecule has 6 heteroatoms. The summed E-state index contributed by atoms with van der Waals surface area (Å²) in [5.41, 5.74) is 2.87. The van der Waals surface area contributed by atoms with Crippen molar-refractivity contribution in [2.45, 2.75) is 45.7 Å². The Balaban J connectivity index is 1.80. The summed E-state index contributed by atoms with van der Waals surface area (Å²) >= 11 is 1.59. The second-order valence-corrected chi connectivity index (χ2v) is 8.68. The SMILES string of the molecule is CCCCSC1=NN2C(=c3ccccc3=N[C@H]2c2ccc(C(C)C)cc2)C(=O)N1. The molecule has 5 nitrogen and oxygen atoms in total. The topological polar surface area (TPSA) is 57.1 Å². The van der Waals surface area contributed by atoms with Crippen molar-refractivity contribution in [1.82, 2.24) is 10.3 Å². The van der Waals surface area contributed by atoms with Gasteiger partial charge in [-0.2, -0.15) is 0 Å². The molecule has 0 spiro atoms. The molecule has 0 bridgehead atoms. The van der Waals surface area contributed by atoms with Crippen LogP contribution in [-0.4, -0.2) is 21.8 Å². The first-order valence-corrected chi connectivity index (χ1v) is 11.2. The van der Waals surface area contributed by atoms with E-state index >= 15 is 0 Å². The molecule has 0 saturated carbocycles. The van der Waals surface area contributed by atoms with Gasteiger partial charge in [0.15, 0.2) is 11.3 Å². The first-order chi connectivity index (χ1) is 14.1. The molecule has 2 aromatic rings. The molecular weight excluding hydrogens is 380 g/mol. The van der Waals surface area contributed by atoms with Crippen molar-refractivity contribution in [3.63, 3.8) is 0 Å². The summed E-state index contributed by atoms with van der Waals surface area (Å²) in [6, 6.07) is 16.2. The summed E-state index contributed by atoms with van der Waals surface area (Å²) in [5, 5.41) is 11.8. The number of amidine groups is 1. The van der Waals surface area contributed by atoms with Crippen molar-refractivity contribution in [3.8, 4) is 0 Å². The van der Waals surface area contributed by atoms with Gasteiger partial charge < -0.3 is 0 Å². The van der Waals surface area contributed by atoms with Crippen LogP contribution in [0.1, 0.15) is 56.8 Å². The van der Waals surface area contributed by atoms with Crippen LogP contribution in [0.15, 0.2) is 58.6 Å². The van der Waals surface area contributed by atoms with E-state index in [1.54, 1.807) is 16.8 Å². The molecule has 2 aliphatic heterocycles. The van der Waals surface area contributed by atoms with Crippen molar-refractivity contribution in [3.05, 3.63) is 70.2 Å². The van der Waals surface area contributed by atoms with Crippen LogP contribution in [0.5, 0.6) is 0 Å². The highest BCUT2D eigenvalue weighted by atomic mass is 32.2. The Kier molecular flexibility index (Phi) is 5.72. The average molecular weight is 407 g/mol. The minimum Gasteiger partial charge on any atom is -0.298 e. The lowest BCUT2D eigenvalue weighted by Crippen LogP contribution is -2.50. The molecule has 29 heavy (non-hydrogen) atoms. The fraction of sp³-hybridized carbons (Fsp3) is 0.348. The quantitative estimate of drug-likeness (QED) is 0.774. The maximum atomic E-state index is 13.0. The minimum absolute atomic E-state index is 0.120. The van der Waals surface area contributed by atoms with E-state index in [2.05, 4.69) is 50.4 Å². The number of carbonyl (C=O) groups is 1. The Hall–Kier alpha value is -2.60. The highest BCUT2D eigenvalue weighted by Crippen LogP contribution is 2.31. The first kappa shape index (κ1) is 19.7. The predicted molar refractivity (Wildman–Crippen MR) is 119 cm³/mol. The number of amides is 1. The largest absolute Gasteiger partial charge is 0.298 e. The third-order valence-corrected chi connectivity index (χ3v) is 6.10. The fourth-order valence-electron chi connectivity index (χ4n) is 3.48. The maximum Gasteiger partial charge on any atom is 0.276 e. The van der Waals surface area contributed by atoms with Crippen molar-refractivity contribution < 1.29 is 4.79 Å². The number of hydrogen-bond acceptors (Lipinski definition) is 5. The van der Waals surface area contributed by atoms with Gasteiger partial charge in [0.05, 0.1) is 5.36 Å². The molecule has 0 saturated heterocycles. The number of hydrazone groups is 1. The normalized spacial score (nSPS) is 18.0. The molecule has 0 aromatic heterocycles. The fourth-order valence-corrected chi connectivity index (χ4v) is 4.41. The molecule has 1 amide bonds. The molecule has 1 atom stereocenters. The Labute approximate surface area is 175 Å². The zero-order valence-corrected chi connectivity index (χ0v) is 17.9. The number of unbranched alkanes of at least 4 members (excludes halogenated alkanes) is 1. The summed E-state index contributed by atoms with van der Waals surface area (Å²) in [6.45, 7) is 6.52. The zero-order valence-electron chi connectivity index (χ0n) is 17.1. The summed E-state index contributed by atoms with van der Waals surface area (Å²) < 4.78 is 0. The number of carbonyl (C=O) groups excluding carboxylic acids is 1. The average Bonchev–Trinajstić information content (AvgIpc) is 2.73. The van der Waals surface area contributed by atoms with Gasteiger partial charge >= 0.3 is 0 Å². The minimum atomic E-state index is -0.353. The molecule has 1 N–H and O–H groups in total. The van der Waals surface area contributed by atoms with E-state index in [0.717, 1.165) is 34.7 Å². The molecule has 2 heterocycles. The Bertz CT molecular complexity index is 1060. The lowest BCUT2D eigenvalue weighted by molar-refractivity contribution is -0.116. The van der Waals surface area contributed by atoms with E-state index in [1.165, 1.54) is 5.56 Å². The predicted octanol–water partition coefficient (Wildman–Crippen LogP) is 3.49. The lowest BCUT2D eigenvalue weighted by Gasteiger charge is -2.34. The second kappa shape index (κ2) is 8.41. The number of rotatable bonds is 5. The van der Waals surface area contributed by atoms with Crippen molar-refractivity contribution in [2.75, 3.05) is 5.75 Å². The number of thioether (sulfide) groups is 1. The van der Waals surface area contributed by atoms with E-state index in [4.69, 9.17) is 10.1 Å². The van der Waals surface area contributed by atoms with Crippen LogP contribution in [-0.2, 0) is 4.79 Å². The van der Waals surface area contributed by atoms with E-state index in [9.17, 15) is 4.79 Å². The molecule has 2 aliphatic rings. The maximum absolute atomic E-state index is 13.0. The van der Waals surface area contributed by atoms with Gasteiger partial charge in [0.25, 0.3) is 5.91 Å². The van der Waals surface area contributed by atoms with Crippen molar-refractivity contribution in [1.29, 1.82) is 0 Å². The van der Waals surface area contributed by atoms with E-state index in [-0.39, 0.29) is 12.1 Å². The van der Waals surface area contributed by atoms with Crippen LogP contribution in [0.3, 0.4) is 0 Å². The highest BCUT2D eigenvalue weighted by molar-refractivity contribution is 8.13. The molecule has 0 unspecified atom stereocenters. The molecular formula is C23H26N4OS. The zero-order chi connectivity index (χ0) is 20.4. The van der Waals surface area contributed by atoms with Crippen molar-refractivity contribution in [2.24, 2.45) is 10.1 Å². The van der Waals surface area contributed by atoms with Gasteiger partial charge in [-0.25, -0.2) is 5.01 Å². The van der Waals surface area contributed by atoms with Gasteiger partial charge in [0.2, 0.25) is 0 Å². The highest BCUT2D eigenvalue weighted by Gasteiger charge is 2.34. The molecule has 2 aromatic carbocycles. The van der Waals surface area contributed by atoms with E-state index in [1.807, 2.05) is 24.3 Å². The van der Waals surface area contributed by atoms with Crippen molar-refractivity contribution >= 4 is 28.5 Å². The summed E-state index contributed by atoms with van der Waals surface area (Å²) in [5.74, 6) is 1.28. The molecule has 0 aliphatic carbocycles. The summed E-state index contributed by atoms with van der Waals surface area (Å²) in [7, 11) is 0. The van der Waals surface area contributed by atoms with Gasteiger partial charge in [-0.3, -0.25) is 15.1 Å². The summed E-state index contributed by atoms with van der Waals surface area (Å²) in [4.78, 5) is 18.0. The first-order valence-electron chi connectivity index (χ1n) is 10.2. The third kappa shape index (κ3) is 3.94. The number of benzene rings is 2. The van der Waals surface area contributed by atoms with E-state index in [0.29, 0.717) is 16.8 Å². The number of para-hydroxylation sites is 1. The van der Waals surface area contributed by atoms with Gasteiger partial charge in [0.1, 0.15) is 5.70 Å². The van der Waals surface area contributed by atoms with Crippen LogP contribution < -0.4 is 15.9 Å². The van der Waals surface area contributed by atoms with Crippen LogP contribution >= 0.6 is 11.8 Å². The van der Waals surface area contributed by atoms with Crippen LogP contribution in [0.25, 0.3) is 5.70 Å². The van der Waals surface area contributed by atoms with Gasteiger partial charge in [-0.1, -0.05) is 81.4 Å². The Morgan fingerprint density at radius 1 is 1.14 bits per heavy atom. The number of fused-ring (bicyclic) bond motifs is 2. The number of nitrogens with zero attached hydrogens (tertiary/aromatic N) is 3. The third-order valence-electron chi connectivity index (χ3n) is 5.15. The molecule has 150 valence electrons.